The summed E-state index contributed by atoms with van der Waals surface area (Å²) in [5.74, 6) is 1.82. The molecule has 0 saturated heterocycles. The van der Waals surface area contributed by atoms with Gasteiger partial charge in [-0.25, -0.2) is 0 Å². The molecule has 5 nitrogen and oxygen atoms in total. The van der Waals surface area contributed by atoms with Crippen molar-refractivity contribution in [3.63, 3.8) is 0 Å². The van der Waals surface area contributed by atoms with Gasteiger partial charge in [0.1, 0.15) is 11.4 Å². The van der Waals surface area contributed by atoms with E-state index in [4.69, 9.17) is 14.2 Å². The molecule has 0 unspecified atom stereocenters. The normalized spacial score (nSPS) is 10.4. The van der Waals surface area contributed by atoms with Crippen LogP contribution < -0.4 is 14.2 Å². The van der Waals surface area contributed by atoms with Crippen molar-refractivity contribution in [1.82, 2.24) is 0 Å². The number of hydrogen-bond acceptors (Lipinski definition) is 5. The van der Waals surface area contributed by atoms with Gasteiger partial charge in [0.05, 0.1) is 21.3 Å². The third-order valence-corrected chi connectivity index (χ3v) is 3.46. The first-order valence-electron chi connectivity index (χ1n) is 7.14. The predicted octanol–water partition coefficient (Wildman–Crippen LogP) is 3.78. The topological polar surface area (TPSA) is 60.3 Å². The van der Waals surface area contributed by atoms with Gasteiger partial charge in [-0.15, -0.1) is 0 Å². The zero-order valence-corrected chi connectivity index (χ0v) is 15.8. The first-order valence-corrected chi connectivity index (χ1v) is 7.14. The number of ether oxygens (including phenoxy) is 3. The van der Waals surface area contributed by atoms with Gasteiger partial charge in [-0.05, 0) is 43.2 Å². The second-order valence-corrected chi connectivity index (χ2v) is 5.17. The molecule has 0 bridgehead atoms. The van der Waals surface area contributed by atoms with Gasteiger partial charge in [0.2, 0.25) is 5.75 Å². The zero-order chi connectivity index (χ0) is 17.0. The predicted molar refractivity (Wildman–Crippen MR) is 90.9 cm³/mol. The van der Waals surface area contributed by atoms with Gasteiger partial charge in [-0.1, -0.05) is 6.07 Å². The van der Waals surface area contributed by atoms with Crippen molar-refractivity contribution < 1.29 is 37.9 Å². The minimum absolute atomic E-state index is 0. The van der Waals surface area contributed by atoms with E-state index >= 15 is 0 Å². The minimum atomic E-state index is 0. The zero-order valence-electron chi connectivity index (χ0n) is 14.5. The van der Waals surface area contributed by atoms with Gasteiger partial charge in [-0.2, -0.15) is 0 Å². The Hall–Kier alpha value is -2.11. The largest absolute Gasteiger partial charge is 0.505 e. The van der Waals surface area contributed by atoms with Crippen LogP contribution in [0, 0.1) is 13.8 Å². The van der Waals surface area contributed by atoms with Gasteiger partial charge < -0.3 is 19.3 Å². The molecule has 2 aromatic rings. The molecule has 0 heterocycles. The molecule has 0 atom stereocenters. The van der Waals surface area contributed by atoms with Crippen LogP contribution >= 0.6 is 0 Å². The summed E-state index contributed by atoms with van der Waals surface area (Å²) in [6.45, 7) is 3.81. The van der Waals surface area contributed by atoms with E-state index in [9.17, 15) is 5.11 Å². The van der Waals surface area contributed by atoms with Crippen molar-refractivity contribution >= 4 is 11.9 Å². The van der Waals surface area contributed by atoms with Crippen molar-refractivity contribution in [1.29, 1.82) is 0 Å². The van der Waals surface area contributed by atoms with Crippen LogP contribution in [0.5, 0.6) is 23.0 Å². The molecule has 0 fully saturated rings. The van der Waals surface area contributed by atoms with E-state index in [0.29, 0.717) is 22.9 Å². The Balaban J connectivity index is 0.00000288. The van der Waals surface area contributed by atoms with E-state index in [0.717, 1.165) is 16.7 Å². The molecule has 127 valence electrons. The fraction of sp³-hybridized carbons (Fsp3) is 0.278. The molecule has 0 aliphatic heterocycles. The Bertz CT molecular complexity index is 719. The first-order chi connectivity index (χ1) is 11.0. The number of rotatable bonds is 5. The Morgan fingerprint density at radius 2 is 1.50 bits per heavy atom. The third kappa shape index (κ3) is 4.25. The molecule has 2 aromatic carbocycles. The average molecular weight is 366 g/mol. The molecule has 0 aliphatic rings. The van der Waals surface area contributed by atoms with Crippen LogP contribution in [0.25, 0.3) is 0 Å². The third-order valence-electron chi connectivity index (χ3n) is 3.46. The second kappa shape index (κ2) is 8.66. The summed E-state index contributed by atoms with van der Waals surface area (Å²) < 4.78 is 15.9. The second-order valence-electron chi connectivity index (χ2n) is 5.17. The number of phenols is 1. The Labute approximate surface area is 154 Å². The van der Waals surface area contributed by atoms with Crippen LogP contribution in [-0.4, -0.2) is 32.7 Å². The smallest absolute Gasteiger partial charge is 0.203 e. The van der Waals surface area contributed by atoms with Gasteiger partial charge in [0, 0.05) is 30.3 Å². The average Bonchev–Trinajstić information content (AvgIpc) is 2.55. The van der Waals surface area contributed by atoms with Crippen LogP contribution in [0.2, 0.25) is 0 Å². The molecule has 0 aliphatic carbocycles. The molecule has 6 heteroatoms. The van der Waals surface area contributed by atoms with Crippen LogP contribution in [-0.2, 0) is 18.6 Å². The number of methoxy groups -OCH3 is 3. The van der Waals surface area contributed by atoms with E-state index in [1.54, 1.807) is 39.7 Å². The maximum atomic E-state index is 10.1. The van der Waals surface area contributed by atoms with Crippen LogP contribution in [0.3, 0.4) is 0 Å². The van der Waals surface area contributed by atoms with E-state index < -0.39 is 0 Å². The summed E-state index contributed by atoms with van der Waals surface area (Å²) in [5.41, 5.74) is 3.13. The molecule has 0 amide bonds. The number of nitrogens with zero attached hydrogens (tertiary/aromatic N) is 1. The minimum Gasteiger partial charge on any atom is -0.505 e. The Morgan fingerprint density at radius 3 is 2.00 bits per heavy atom. The van der Waals surface area contributed by atoms with Gasteiger partial charge in [0.25, 0.3) is 0 Å². The van der Waals surface area contributed by atoms with E-state index in [1.807, 2.05) is 26.0 Å². The number of aromatic hydroxyl groups is 1. The Kier molecular flexibility index (Phi) is 7.20. The molecule has 2 rings (SSSR count). The standard InChI is InChI=1S/C18H21NO4.V/c1-11-6-12(2)17(20)14(7-11)19-10-13-8-15(21-3)18(23-5)16(9-13)22-4;/h6-10,20H,1-5H3;. The molecular formula is C18H21NO4V. The summed E-state index contributed by atoms with van der Waals surface area (Å²) in [6.07, 6.45) is 1.65. The maximum Gasteiger partial charge on any atom is 0.203 e. The first kappa shape index (κ1) is 19.9. The van der Waals surface area contributed by atoms with Crippen LogP contribution in [0.15, 0.2) is 29.3 Å². The SMILES string of the molecule is COc1cc(C=Nc2cc(C)cc(C)c2O)cc(OC)c1OC.[V]. The monoisotopic (exact) mass is 366 g/mol. The summed E-state index contributed by atoms with van der Waals surface area (Å²) in [4.78, 5) is 4.38. The number of aryl methyl sites for hydroxylation is 2. The summed E-state index contributed by atoms with van der Waals surface area (Å²) in [5, 5.41) is 10.1. The molecule has 24 heavy (non-hydrogen) atoms. The van der Waals surface area contributed by atoms with Crippen molar-refractivity contribution in [3.8, 4) is 23.0 Å². The summed E-state index contributed by atoms with van der Waals surface area (Å²) >= 11 is 0. The van der Waals surface area contributed by atoms with Gasteiger partial charge >= 0.3 is 0 Å². The van der Waals surface area contributed by atoms with Crippen molar-refractivity contribution in [2.75, 3.05) is 21.3 Å². The fourth-order valence-corrected chi connectivity index (χ4v) is 2.36. The summed E-state index contributed by atoms with van der Waals surface area (Å²) in [7, 11) is 4.68. The van der Waals surface area contributed by atoms with Gasteiger partial charge in [0.15, 0.2) is 11.5 Å². The van der Waals surface area contributed by atoms with Gasteiger partial charge in [-0.3, -0.25) is 4.99 Å². The summed E-state index contributed by atoms with van der Waals surface area (Å²) in [6, 6.07) is 7.33. The molecule has 0 spiro atoms. The van der Waals surface area contributed by atoms with E-state index in [-0.39, 0.29) is 24.3 Å². The number of phenolic OH excluding ortho intramolecular Hbond substituents is 1. The van der Waals surface area contributed by atoms with E-state index in [2.05, 4.69) is 4.99 Å². The Morgan fingerprint density at radius 1 is 0.917 bits per heavy atom. The van der Waals surface area contributed by atoms with Crippen LogP contribution in [0.1, 0.15) is 16.7 Å². The molecule has 0 saturated carbocycles. The van der Waals surface area contributed by atoms with E-state index in [1.165, 1.54) is 0 Å². The fourth-order valence-electron chi connectivity index (χ4n) is 2.36. The molecular weight excluding hydrogens is 345 g/mol. The number of hydrogen-bond donors (Lipinski definition) is 1. The van der Waals surface area contributed by atoms with Crippen molar-refractivity contribution in [2.45, 2.75) is 13.8 Å². The quantitative estimate of drug-likeness (QED) is 0.818. The van der Waals surface area contributed by atoms with Crippen LogP contribution in [0.4, 0.5) is 5.69 Å². The molecule has 1 radical (unpaired) electrons. The van der Waals surface area contributed by atoms with Crippen molar-refractivity contribution in [2.24, 2.45) is 4.99 Å². The molecule has 1 N–H and O–H groups in total. The number of benzene rings is 2. The van der Waals surface area contributed by atoms with Crippen molar-refractivity contribution in [3.05, 3.63) is 41.0 Å². The molecule has 0 aromatic heterocycles. The maximum absolute atomic E-state index is 10.1. The number of aliphatic imine (C=N–C) groups is 1.